The zero-order chi connectivity index (χ0) is 19.0. The molecular formula is C20H19N3O3S. The first-order valence-electron chi connectivity index (χ1n) is 8.79. The largest absolute Gasteiger partial charge is 0.481 e. The van der Waals surface area contributed by atoms with Crippen molar-refractivity contribution in [1.82, 2.24) is 14.7 Å². The molecule has 1 fully saturated rings. The second-order valence-electron chi connectivity index (χ2n) is 6.62. The van der Waals surface area contributed by atoms with Crippen molar-refractivity contribution in [2.75, 3.05) is 6.54 Å². The minimum atomic E-state index is -0.851. The van der Waals surface area contributed by atoms with Crippen LogP contribution in [0.2, 0.25) is 0 Å². The van der Waals surface area contributed by atoms with Crippen LogP contribution in [-0.2, 0) is 4.79 Å². The molecule has 138 valence electrons. The number of rotatable bonds is 4. The highest BCUT2D eigenvalue weighted by Crippen LogP contribution is 2.32. The molecule has 2 aromatic heterocycles. The minimum Gasteiger partial charge on any atom is -0.481 e. The van der Waals surface area contributed by atoms with Crippen molar-refractivity contribution < 1.29 is 14.7 Å². The highest BCUT2D eigenvalue weighted by molar-refractivity contribution is 7.13. The topological polar surface area (TPSA) is 75.4 Å². The van der Waals surface area contributed by atoms with Crippen LogP contribution in [0, 0.1) is 5.92 Å². The minimum absolute atomic E-state index is 0.170. The van der Waals surface area contributed by atoms with Gasteiger partial charge in [-0.1, -0.05) is 24.3 Å². The summed E-state index contributed by atoms with van der Waals surface area (Å²) in [7, 11) is 0. The number of carboxylic acid groups (broad SMARTS) is 1. The Morgan fingerprint density at radius 2 is 1.96 bits per heavy atom. The summed E-state index contributed by atoms with van der Waals surface area (Å²) in [5.74, 6) is -1.55. The maximum Gasteiger partial charge on any atom is 0.308 e. The molecule has 1 N–H and O–H groups in total. The van der Waals surface area contributed by atoms with E-state index in [0.29, 0.717) is 24.2 Å². The van der Waals surface area contributed by atoms with Gasteiger partial charge in [-0.05, 0) is 36.9 Å². The smallest absolute Gasteiger partial charge is 0.308 e. The maximum absolute atomic E-state index is 13.3. The van der Waals surface area contributed by atoms with Gasteiger partial charge in [0.25, 0.3) is 5.91 Å². The van der Waals surface area contributed by atoms with Crippen LogP contribution in [0.5, 0.6) is 0 Å². The lowest BCUT2D eigenvalue weighted by atomic mass is 10.0. The maximum atomic E-state index is 13.3. The Hall–Kier alpha value is -2.93. The molecule has 4 rings (SSSR count). The predicted octanol–water partition coefficient (Wildman–Crippen LogP) is 3.54. The summed E-state index contributed by atoms with van der Waals surface area (Å²) in [5, 5.41) is 16.0. The molecule has 6 nitrogen and oxygen atoms in total. The van der Waals surface area contributed by atoms with E-state index in [0.717, 1.165) is 10.6 Å². The predicted molar refractivity (Wildman–Crippen MR) is 103 cm³/mol. The summed E-state index contributed by atoms with van der Waals surface area (Å²) in [6.07, 6.45) is 2.22. The Labute approximate surface area is 160 Å². The lowest BCUT2D eigenvalue weighted by Gasteiger charge is -2.23. The van der Waals surface area contributed by atoms with Gasteiger partial charge in [-0.15, -0.1) is 11.3 Å². The number of benzene rings is 1. The summed E-state index contributed by atoms with van der Waals surface area (Å²) in [6, 6.07) is 13.1. The summed E-state index contributed by atoms with van der Waals surface area (Å²) in [4.78, 5) is 27.2. The monoisotopic (exact) mass is 381 g/mol. The van der Waals surface area contributed by atoms with Crippen LogP contribution in [0.1, 0.15) is 23.7 Å². The van der Waals surface area contributed by atoms with Gasteiger partial charge in [0.1, 0.15) is 5.69 Å². The number of aromatic nitrogens is 2. The van der Waals surface area contributed by atoms with Gasteiger partial charge in [-0.2, -0.15) is 5.10 Å². The van der Waals surface area contributed by atoms with Gasteiger partial charge < -0.3 is 10.0 Å². The molecule has 3 heterocycles. The third-order valence-electron chi connectivity index (χ3n) is 5.05. The van der Waals surface area contributed by atoms with Crippen molar-refractivity contribution in [3.05, 3.63) is 59.6 Å². The van der Waals surface area contributed by atoms with Crippen LogP contribution in [0.3, 0.4) is 0 Å². The van der Waals surface area contributed by atoms with Crippen molar-refractivity contribution in [3.63, 3.8) is 0 Å². The Morgan fingerprint density at radius 1 is 1.19 bits per heavy atom. The second kappa shape index (κ2) is 7.00. The van der Waals surface area contributed by atoms with Crippen LogP contribution in [0.4, 0.5) is 0 Å². The number of aliphatic carboxylic acids is 1. The second-order valence-corrected chi connectivity index (χ2v) is 7.57. The molecule has 1 aromatic carbocycles. The molecular weight excluding hydrogens is 362 g/mol. The van der Waals surface area contributed by atoms with Crippen molar-refractivity contribution in [3.8, 4) is 16.3 Å². The van der Waals surface area contributed by atoms with E-state index in [-0.39, 0.29) is 11.9 Å². The van der Waals surface area contributed by atoms with Gasteiger partial charge in [-0.3, -0.25) is 9.59 Å². The normalized spacial score (nSPS) is 19.4. The van der Waals surface area contributed by atoms with Gasteiger partial charge in [0.2, 0.25) is 0 Å². The number of para-hydroxylation sites is 1. The SMILES string of the molecule is CC1C(C(=O)O)CCN1C(=O)c1cn(-c2ccccc2)nc1-c1cccs1. The fraction of sp³-hybridized carbons (Fsp3) is 0.250. The molecule has 1 saturated heterocycles. The van der Waals surface area contributed by atoms with Crippen molar-refractivity contribution in [2.45, 2.75) is 19.4 Å². The lowest BCUT2D eigenvalue weighted by molar-refractivity contribution is -0.142. The molecule has 0 saturated carbocycles. The first-order valence-corrected chi connectivity index (χ1v) is 9.67. The number of carbonyl (C=O) groups excluding carboxylic acids is 1. The van der Waals surface area contributed by atoms with Crippen LogP contribution >= 0.6 is 11.3 Å². The fourth-order valence-corrected chi connectivity index (χ4v) is 4.27. The van der Waals surface area contributed by atoms with E-state index in [1.165, 1.54) is 11.3 Å². The molecule has 0 spiro atoms. The number of carbonyl (C=O) groups is 2. The number of amides is 1. The standard InChI is InChI=1S/C20H19N3O3S/c1-13-15(20(25)26)9-10-22(13)19(24)16-12-23(14-6-3-2-4-7-14)21-18(16)17-8-5-11-27-17/h2-8,11-13,15H,9-10H2,1H3,(H,25,26). The molecule has 2 unspecified atom stereocenters. The number of hydrogen-bond donors (Lipinski definition) is 1. The van der Waals surface area contributed by atoms with Crippen molar-refractivity contribution in [2.24, 2.45) is 5.92 Å². The summed E-state index contributed by atoms with van der Waals surface area (Å²) in [5.41, 5.74) is 2.00. The third-order valence-corrected chi connectivity index (χ3v) is 5.93. The highest BCUT2D eigenvalue weighted by Gasteiger charge is 2.39. The van der Waals surface area contributed by atoms with Gasteiger partial charge >= 0.3 is 5.97 Å². The molecule has 1 amide bonds. The Bertz CT molecular complexity index is 966. The van der Waals surface area contributed by atoms with Gasteiger partial charge in [-0.25, -0.2) is 4.68 Å². The zero-order valence-corrected chi connectivity index (χ0v) is 15.6. The van der Waals surface area contributed by atoms with E-state index in [2.05, 4.69) is 5.10 Å². The number of hydrogen-bond acceptors (Lipinski definition) is 4. The first kappa shape index (κ1) is 17.5. The van der Waals surface area contributed by atoms with E-state index in [4.69, 9.17) is 0 Å². The number of nitrogens with zero attached hydrogens (tertiary/aromatic N) is 3. The van der Waals surface area contributed by atoms with Crippen molar-refractivity contribution in [1.29, 1.82) is 0 Å². The number of thiophene rings is 1. The van der Waals surface area contributed by atoms with Crippen molar-refractivity contribution >= 4 is 23.2 Å². The summed E-state index contributed by atoms with van der Waals surface area (Å²) in [6.45, 7) is 2.24. The van der Waals surface area contributed by atoms with E-state index in [1.54, 1.807) is 22.7 Å². The third kappa shape index (κ3) is 3.14. The average Bonchev–Trinajstić information content (AvgIpc) is 3.40. The van der Waals surface area contributed by atoms with E-state index in [1.807, 2.05) is 47.8 Å². The van der Waals surface area contributed by atoms with Gasteiger partial charge in [0, 0.05) is 18.8 Å². The van der Waals surface area contributed by atoms with Crippen LogP contribution < -0.4 is 0 Å². The highest BCUT2D eigenvalue weighted by atomic mass is 32.1. The summed E-state index contributed by atoms with van der Waals surface area (Å²) >= 11 is 1.52. The van der Waals surface area contributed by atoms with Gasteiger partial charge in [0.15, 0.2) is 0 Å². The number of carboxylic acids is 1. The average molecular weight is 381 g/mol. The van der Waals surface area contributed by atoms with Crippen LogP contribution in [0.15, 0.2) is 54.0 Å². The van der Waals surface area contributed by atoms with Gasteiger partial charge in [0.05, 0.1) is 22.0 Å². The van der Waals surface area contributed by atoms with E-state index < -0.39 is 11.9 Å². The number of likely N-dealkylation sites (tertiary alicyclic amines) is 1. The van der Waals surface area contributed by atoms with E-state index >= 15 is 0 Å². The lowest BCUT2D eigenvalue weighted by Crippen LogP contribution is -2.37. The summed E-state index contributed by atoms with van der Waals surface area (Å²) < 4.78 is 1.71. The Balaban J connectivity index is 1.74. The molecule has 1 aliphatic heterocycles. The van der Waals surface area contributed by atoms with Crippen LogP contribution in [0.25, 0.3) is 16.3 Å². The Kier molecular flexibility index (Phi) is 4.53. The quantitative estimate of drug-likeness (QED) is 0.750. The molecule has 2 atom stereocenters. The van der Waals surface area contributed by atoms with Crippen LogP contribution in [-0.4, -0.2) is 44.3 Å². The molecule has 0 radical (unpaired) electrons. The Morgan fingerprint density at radius 3 is 2.59 bits per heavy atom. The fourth-order valence-electron chi connectivity index (χ4n) is 3.55. The molecule has 27 heavy (non-hydrogen) atoms. The molecule has 0 aliphatic carbocycles. The molecule has 1 aliphatic rings. The first-order chi connectivity index (χ1) is 13.1. The molecule has 7 heteroatoms. The molecule has 3 aromatic rings. The zero-order valence-electron chi connectivity index (χ0n) is 14.8. The van der Waals surface area contributed by atoms with E-state index in [9.17, 15) is 14.7 Å². The molecule has 0 bridgehead atoms.